The minimum atomic E-state index is -3.72. The molecule has 1 fully saturated rings. The molecule has 2 aromatic rings. The van der Waals surface area contributed by atoms with Gasteiger partial charge in [-0.25, -0.2) is 8.42 Å². The lowest BCUT2D eigenvalue weighted by Crippen LogP contribution is -2.40. The molecule has 0 aliphatic carbocycles. The van der Waals surface area contributed by atoms with Crippen molar-refractivity contribution >= 4 is 37.5 Å². The van der Waals surface area contributed by atoms with Gasteiger partial charge in [0.1, 0.15) is 5.75 Å². The van der Waals surface area contributed by atoms with E-state index in [-0.39, 0.29) is 23.5 Å². The molecule has 7 nitrogen and oxygen atoms in total. The predicted octanol–water partition coefficient (Wildman–Crippen LogP) is 2.73. The molecule has 0 bridgehead atoms. The first-order valence-electron chi connectivity index (χ1n) is 8.25. The van der Waals surface area contributed by atoms with Crippen molar-refractivity contribution in [3.8, 4) is 5.75 Å². The number of carbonyl (C=O) groups is 1. The minimum absolute atomic E-state index is 0.0440. The molecule has 0 spiro atoms. The predicted molar refractivity (Wildman–Crippen MR) is 105 cm³/mol. The maximum Gasteiger partial charge on any atom is 0.259 e. The van der Waals surface area contributed by atoms with E-state index in [4.69, 9.17) is 9.47 Å². The second kappa shape index (κ2) is 8.39. The Bertz CT molecular complexity index is 943. The first kappa shape index (κ1) is 19.8. The van der Waals surface area contributed by atoms with Crippen molar-refractivity contribution in [1.29, 1.82) is 0 Å². The lowest BCUT2D eigenvalue weighted by atomic mass is 10.2. The summed E-state index contributed by atoms with van der Waals surface area (Å²) in [6, 6.07) is 11.4. The van der Waals surface area contributed by atoms with Crippen molar-refractivity contribution in [1.82, 2.24) is 4.31 Å². The number of methoxy groups -OCH3 is 1. The number of hydrogen-bond acceptors (Lipinski definition) is 5. The standard InChI is InChI=1S/C18H19BrN2O5S/c1-25-17-7-6-13(27(23,24)21-8-10-26-11-9-21)12-14(17)18(22)20-16-5-3-2-4-15(16)19/h2-7,12H,8-11H2,1H3,(H,20,22). The van der Waals surface area contributed by atoms with Gasteiger partial charge in [0.05, 0.1) is 36.5 Å². The van der Waals surface area contributed by atoms with E-state index in [0.29, 0.717) is 24.7 Å². The van der Waals surface area contributed by atoms with Gasteiger partial charge in [0, 0.05) is 17.6 Å². The Morgan fingerprint density at radius 2 is 1.89 bits per heavy atom. The average Bonchev–Trinajstić information content (AvgIpc) is 2.69. The van der Waals surface area contributed by atoms with Gasteiger partial charge >= 0.3 is 0 Å². The molecule has 27 heavy (non-hydrogen) atoms. The van der Waals surface area contributed by atoms with Crippen LogP contribution in [0, 0.1) is 0 Å². The normalized spacial score (nSPS) is 15.3. The van der Waals surface area contributed by atoms with Gasteiger partial charge in [-0.3, -0.25) is 4.79 Å². The highest BCUT2D eigenvalue weighted by molar-refractivity contribution is 9.10. The Kier molecular flexibility index (Phi) is 6.15. The molecule has 9 heteroatoms. The maximum absolute atomic E-state index is 12.9. The molecule has 1 saturated heterocycles. The molecular formula is C18H19BrN2O5S. The Morgan fingerprint density at radius 1 is 1.19 bits per heavy atom. The second-order valence-corrected chi connectivity index (χ2v) is 8.60. The van der Waals surface area contributed by atoms with Crippen LogP contribution in [0.4, 0.5) is 5.69 Å². The number of halogens is 1. The molecule has 0 atom stereocenters. The molecule has 3 rings (SSSR count). The number of ether oxygens (including phenoxy) is 2. The quantitative estimate of drug-likeness (QED) is 0.750. The van der Waals surface area contributed by atoms with E-state index in [0.717, 1.165) is 4.47 Å². The Hall–Kier alpha value is -1.94. The van der Waals surface area contributed by atoms with Crippen LogP contribution in [0.5, 0.6) is 5.75 Å². The third-order valence-corrected chi connectivity index (χ3v) is 6.73. The van der Waals surface area contributed by atoms with Crippen LogP contribution in [0.15, 0.2) is 51.8 Å². The highest BCUT2D eigenvalue weighted by Crippen LogP contribution is 2.27. The molecule has 1 N–H and O–H groups in total. The van der Waals surface area contributed by atoms with Crippen LogP contribution in [-0.2, 0) is 14.8 Å². The molecule has 0 unspecified atom stereocenters. The van der Waals surface area contributed by atoms with Crippen molar-refractivity contribution in [2.75, 3.05) is 38.7 Å². The molecule has 0 saturated carbocycles. The van der Waals surface area contributed by atoms with Crippen molar-refractivity contribution in [2.45, 2.75) is 4.90 Å². The number of rotatable bonds is 5. The Morgan fingerprint density at radius 3 is 2.56 bits per heavy atom. The van der Waals surface area contributed by atoms with E-state index in [1.54, 1.807) is 18.2 Å². The summed E-state index contributed by atoms with van der Waals surface area (Å²) in [5.74, 6) is -0.168. The number of carbonyl (C=O) groups excluding carboxylic acids is 1. The zero-order valence-electron chi connectivity index (χ0n) is 14.6. The summed E-state index contributed by atoms with van der Waals surface area (Å²) in [7, 11) is -2.28. The SMILES string of the molecule is COc1ccc(S(=O)(=O)N2CCOCC2)cc1C(=O)Nc1ccccc1Br. The number of morpholine rings is 1. The molecular weight excluding hydrogens is 436 g/mol. The van der Waals surface area contributed by atoms with Gasteiger partial charge < -0.3 is 14.8 Å². The van der Waals surface area contributed by atoms with Crippen LogP contribution in [0.2, 0.25) is 0 Å². The number of benzene rings is 2. The van der Waals surface area contributed by atoms with E-state index in [9.17, 15) is 13.2 Å². The summed E-state index contributed by atoms with van der Waals surface area (Å²) in [6.45, 7) is 1.27. The van der Waals surface area contributed by atoms with Crippen LogP contribution >= 0.6 is 15.9 Å². The summed E-state index contributed by atoms with van der Waals surface area (Å²) in [4.78, 5) is 12.8. The number of nitrogens with zero attached hydrogens (tertiary/aromatic N) is 1. The smallest absolute Gasteiger partial charge is 0.259 e. The summed E-state index contributed by atoms with van der Waals surface area (Å²) < 4.78 is 38.3. The molecule has 0 radical (unpaired) electrons. The zero-order chi connectivity index (χ0) is 19.4. The number of amides is 1. The lowest BCUT2D eigenvalue weighted by molar-refractivity contribution is 0.0730. The largest absolute Gasteiger partial charge is 0.496 e. The summed E-state index contributed by atoms with van der Waals surface area (Å²) in [6.07, 6.45) is 0. The Balaban J connectivity index is 1.94. The molecule has 2 aromatic carbocycles. The molecule has 0 aromatic heterocycles. The summed E-state index contributed by atoms with van der Waals surface area (Å²) in [5.41, 5.74) is 0.716. The van der Waals surface area contributed by atoms with Crippen molar-refractivity contribution < 1.29 is 22.7 Å². The topological polar surface area (TPSA) is 84.9 Å². The van der Waals surface area contributed by atoms with E-state index < -0.39 is 15.9 Å². The second-order valence-electron chi connectivity index (χ2n) is 5.81. The van der Waals surface area contributed by atoms with E-state index in [2.05, 4.69) is 21.2 Å². The first-order valence-corrected chi connectivity index (χ1v) is 10.5. The number of anilines is 1. The van der Waals surface area contributed by atoms with Gasteiger partial charge in [-0.15, -0.1) is 0 Å². The van der Waals surface area contributed by atoms with Crippen molar-refractivity contribution in [3.63, 3.8) is 0 Å². The van der Waals surface area contributed by atoms with Crippen molar-refractivity contribution in [2.24, 2.45) is 0 Å². The fourth-order valence-electron chi connectivity index (χ4n) is 2.71. The summed E-state index contributed by atoms with van der Waals surface area (Å²) in [5, 5.41) is 2.77. The van der Waals surface area contributed by atoms with Crippen LogP contribution in [0.3, 0.4) is 0 Å². The molecule has 1 heterocycles. The number of hydrogen-bond donors (Lipinski definition) is 1. The minimum Gasteiger partial charge on any atom is -0.496 e. The Labute approximate surface area is 166 Å². The van der Waals surface area contributed by atoms with Gasteiger partial charge in [-0.2, -0.15) is 4.31 Å². The highest BCUT2D eigenvalue weighted by Gasteiger charge is 2.28. The highest BCUT2D eigenvalue weighted by atomic mass is 79.9. The molecule has 1 aliphatic heterocycles. The zero-order valence-corrected chi connectivity index (χ0v) is 17.0. The number of para-hydroxylation sites is 1. The first-order chi connectivity index (χ1) is 12.9. The van der Waals surface area contributed by atoms with E-state index >= 15 is 0 Å². The van der Waals surface area contributed by atoms with Gasteiger partial charge in [-0.1, -0.05) is 12.1 Å². The lowest BCUT2D eigenvalue weighted by Gasteiger charge is -2.26. The molecule has 144 valence electrons. The number of nitrogens with one attached hydrogen (secondary N) is 1. The fraction of sp³-hybridized carbons (Fsp3) is 0.278. The number of sulfonamides is 1. The van der Waals surface area contributed by atoms with Gasteiger partial charge in [0.2, 0.25) is 10.0 Å². The van der Waals surface area contributed by atoms with E-state index in [1.165, 1.54) is 29.6 Å². The van der Waals surface area contributed by atoms with Crippen LogP contribution in [0.25, 0.3) is 0 Å². The van der Waals surface area contributed by atoms with E-state index in [1.807, 2.05) is 6.07 Å². The van der Waals surface area contributed by atoms with Crippen molar-refractivity contribution in [3.05, 3.63) is 52.5 Å². The van der Waals surface area contributed by atoms with Crippen LogP contribution in [0.1, 0.15) is 10.4 Å². The van der Waals surface area contributed by atoms with Gasteiger partial charge in [0.15, 0.2) is 0 Å². The van der Waals surface area contributed by atoms with Crippen LogP contribution in [-0.4, -0.2) is 52.0 Å². The third kappa shape index (κ3) is 4.32. The fourth-order valence-corrected chi connectivity index (χ4v) is 4.53. The van der Waals surface area contributed by atoms with Gasteiger partial charge in [-0.05, 0) is 46.3 Å². The van der Waals surface area contributed by atoms with Crippen LogP contribution < -0.4 is 10.1 Å². The summed E-state index contributed by atoms with van der Waals surface area (Å²) >= 11 is 3.37. The maximum atomic E-state index is 12.9. The van der Waals surface area contributed by atoms with Gasteiger partial charge in [0.25, 0.3) is 5.91 Å². The monoisotopic (exact) mass is 454 g/mol. The molecule has 1 aliphatic rings. The molecule has 1 amide bonds. The average molecular weight is 455 g/mol. The third-order valence-electron chi connectivity index (χ3n) is 4.15.